The van der Waals surface area contributed by atoms with Crippen molar-refractivity contribution in [2.45, 2.75) is 46.7 Å². The Morgan fingerprint density at radius 3 is 2.67 bits per heavy atom. The van der Waals surface area contributed by atoms with E-state index in [0.29, 0.717) is 16.9 Å². The summed E-state index contributed by atoms with van der Waals surface area (Å²) >= 11 is 0. The summed E-state index contributed by atoms with van der Waals surface area (Å²) in [5.74, 6) is 0.702. The van der Waals surface area contributed by atoms with Crippen LogP contribution >= 0.6 is 0 Å². The van der Waals surface area contributed by atoms with Crippen molar-refractivity contribution in [2.24, 2.45) is 7.05 Å². The van der Waals surface area contributed by atoms with Gasteiger partial charge < -0.3 is 4.57 Å². The number of hydrogen-bond donors (Lipinski definition) is 0. The standard InChI is InChI=1S/C17H23N5O2/c1-6-8-9-20-15(23)13-14(19(5)17(20)24)18-16-21(13)10-12(4)22(16)11(3)7-2/h6,8,10-11H,7,9H2,1-5H3/b8-6+/t11-/m1/s1. The summed E-state index contributed by atoms with van der Waals surface area (Å²) < 4.78 is 6.61. The van der Waals surface area contributed by atoms with Crippen LogP contribution in [0.25, 0.3) is 16.9 Å². The lowest BCUT2D eigenvalue weighted by Gasteiger charge is -2.12. The SMILES string of the molecule is C/C=C/Cn1c(=O)c2c(nc3n([C@H](C)CC)c(C)cn23)n(C)c1=O. The van der Waals surface area contributed by atoms with Crippen LogP contribution in [-0.4, -0.2) is 23.1 Å². The highest BCUT2D eigenvalue weighted by Crippen LogP contribution is 2.21. The lowest BCUT2D eigenvalue weighted by Crippen LogP contribution is -2.39. The van der Waals surface area contributed by atoms with Crippen molar-refractivity contribution in [3.8, 4) is 0 Å². The van der Waals surface area contributed by atoms with E-state index in [1.54, 1.807) is 13.1 Å². The van der Waals surface area contributed by atoms with Gasteiger partial charge in [0.05, 0.1) is 0 Å². The molecule has 0 aliphatic rings. The fraction of sp³-hybridized carbons (Fsp3) is 0.471. The predicted octanol–water partition coefficient (Wildman–Crippen LogP) is 2.00. The Kier molecular flexibility index (Phi) is 3.95. The Morgan fingerprint density at radius 2 is 2.04 bits per heavy atom. The van der Waals surface area contributed by atoms with Crippen LogP contribution in [0.1, 0.15) is 38.9 Å². The first-order chi connectivity index (χ1) is 11.4. The van der Waals surface area contributed by atoms with Gasteiger partial charge in [-0.05, 0) is 27.2 Å². The lowest BCUT2D eigenvalue weighted by molar-refractivity contribution is 0.532. The average molecular weight is 329 g/mol. The minimum absolute atomic E-state index is 0.260. The summed E-state index contributed by atoms with van der Waals surface area (Å²) in [6, 6.07) is 0.265. The van der Waals surface area contributed by atoms with Gasteiger partial charge in [0.1, 0.15) is 0 Å². The van der Waals surface area contributed by atoms with Crippen LogP contribution in [0, 0.1) is 6.92 Å². The summed E-state index contributed by atoms with van der Waals surface area (Å²) in [4.78, 5) is 30.0. The van der Waals surface area contributed by atoms with Crippen LogP contribution in [0.15, 0.2) is 27.9 Å². The monoisotopic (exact) mass is 329 g/mol. The minimum Gasteiger partial charge on any atom is -0.311 e. The molecule has 0 spiro atoms. The van der Waals surface area contributed by atoms with Gasteiger partial charge in [-0.15, -0.1) is 0 Å². The maximum absolute atomic E-state index is 12.9. The number of hydrogen-bond acceptors (Lipinski definition) is 3. The van der Waals surface area contributed by atoms with Crippen LogP contribution in [0.3, 0.4) is 0 Å². The topological polar surface area (TPSA) is 66.2 Å². The summed E-state index contributed by atoms with van der Waals surface area (Å²) in [6.45, 7) is 8.36. The molecule has 1 atom stereocenters. The quantitative estimate of drug-likeness (QED) is 0.688. The molecule has 0 bridgehead atoms. The summed E-state index contributed by atoms with van der Waals surface area (Å²) in [5.41, 5.74) is 1.26. The number of imidazole rings is 2. The highest BCUT2D eigenvalue weighted by atomic mass is 16.2. The van der Waals surface area contributed by atoms with E-state index in [4.69, 9.17) is 0 Å². The number of aryl methyl sites for hydroxylation is 2. The van der Waals surface area contributed by atoms with Crippen LogP contribution in [-0.2, 0) is 13.6 Å². The minimum atomic E-state index is -0.349. The van der Waals surface area contributed by atoms with E-state index < -0.39 is 0 Å². The smallest absolute Gasteiger partial charge is 0.311 e. The first kappa shape index (κ1) is 16.3. The number of fused-ring (bicyclic) bond motifs is 3. The third-order valence-corrected chi connectivity index (χ3v) is 4.62. The molecule has 0 N–H and O–H groups in total. The second-order valence-electron chi connectivity index (χ2n) is 6.18. The first-order valence-corrected chi connectivity index (χ1v) is 8.22. The van der Waals surface area contributed by atoms with Crippen molar-refractivity contribution < 1.29 is 0 Å². The Labute approximate surface area is 139 Å². The van der Waals surface area contributed by atoms with Crippen LogP contribution in [0.2, 0.25) is 0 Å². The van der Waals surface area contributed by atoms with Crippen LogP contribution in [0.4, 0.5) is 0 Å². The molecule has 3 aromatic heterocycles. The van der Waals surface area contributed by atoms with E-state index in [1.807, 2.05) is 30.5 Å². The van der Waals surface area contributed by atoms with E-state index in [2.05, 4.69) is 23.4 Å². The molecule has 0 aliphatic heterocycles. The van der Waals surface area contributed by atoms with E-state index in [0.717, 1.165) is 12.1 Å². The summed E-state index contributed by atoms with van der Waals surface area (Å²) in [6.07, 6.45) is 6.50. The fourth-order valence-corrected chi connectivity index (χ4v) is 3.13. The number of rotatable bonds is 4. The number of aromatic nitrogens is 5. The molecule has 0 unspecified atom stereocenters. The van der Waals surface area contributed by atoms with Gasteiger partial charge in [-0.3, -0.25) is 18.3 Å². The third kappa shape index (κ3) is 2.15. The molecule has 128 valence electrons. The van der Waals surface area contributed by atoms with Crippen LogP contribution in [0.5, 0.6) is 0 Å². The second kappa shape index (κ2) is 5.81. The zero-order valence-corrected chi connectivity index (χ0v) is 14.8. The average Bonchev–Trinajstić information content (AvgIpc) is 3.06. The predicted molar refractivity (Wildman–Crippen MR) is 94.7 cm³/mol. The zero-order valence-electron chi connectivity index (χ0n) is 14.8. The molecule has 7 heteroatoms. The molecule has 0 saturated carbocycles. The third-order valence-electron chi connectivity index (χ3n) is 4.62. The second-order valence-corrected chi connectivity index (χ2v) is 6.18. The fourth-order valence-electron chi connectivity index (χ4n) is 3.13. The van der Waals surface area contributed by atoms with E-state index >= 15 is 0 Å². The largest absolute Gasteiger partial charge is 0.332 e. The van der Waals surface area contributed by atoms with Crippen molar-refractivity contribution in [2.75, 3.05) is 0 Å². The van der Waals surface area contributed by atoms with Gasteiger partial charge in [0, 0.05) is 31.5 Å². The number of allylic oxidation sites excluding steroid dienone is 2. The van der Waals surface area contributed by atoms with Crippen molar-refractivity contribution >= 4 is 16.9 Å². The molecule has 3 heterocycles. The normalized spacial score (nSPS) is 13.5. The Morgan fingerprint density at radius 1 is 1.33 bits per heavy atom. The molecule has 0 amide bonds. The first-order valence-electron chi connectivity index (χ1n) is 8.22. The van der Waals surface area contributed by atoms with Gasteiger partial charge >= 0.3 is 5.69 Å². The lowest BCUT2D eigenvalue weighted by atomic mass is 10.2. The summed E-state index contributed by atoms with van der Waals surface area (Å²) in [7, 11) is 1.66. The Bertz CT molecular complexity index is 1060. The molecule has 0 fully saturated rings. The maximum atomic E-state index is 12.9. The van der Waals surface area contributed by atoms with Gasteiger partial charge in [-0.25, -0.2) is 4.79 Å². The molecule has 0 aromatic carbocycles. The van der Waals surface area contributed by atoms with E-state index in [9.17, 15) is 9.59 Å². The molecule has 0 radical (unpaired) electrons. The highest BCUT2D eigenvalue weighted by molar-refractivity contribution is 5.75. The van der Waals surface area contributed by atoms with E-state index in [-0.39, 0.29) is 23.8 Å². The molecular weight excluding hydrogens is 306 g/mol. The highest BCUT2D eigenvalue weighted by Gasteiger charge is 2.21. The molecule has 0 aliphatic carbocycles. The number of nitrogens with zero attached hydrogens (tertiary/aromatic N) is 5. The van der Waals surface area contributed by atoms with Crippen molar-refractivity contribution in [3.05, 3.63) is 44.9 Å². The van der Waals surface area contributed by atoms with Crippen LogP contribution < -0.4 is 11.2 Å². The molecule has 0 saturated heterocycles. The molecule has 7 nitrogen and oxygen atoms in total. The van der Waals surface area contributed by atoms with Gasteiger partial charge in [-0.2, -0.15) is 4.98 Å². The van der Waals surface area contributed by atoms with Crippen molar-refractivity contribution in [1.82, 2.24) is 23.1 Å². The maximum Gasteiger partial charge on any atom is 0.332 e. The molecular formula is C17H23N5O2. The Balaban J connectivity index is 2.46. The van der Waals surface area contributed by atoms with Gasteiger partial charge in [-0.1, -0.05) is 19.1 Å². The summed E-state index contributed by atoms with van der Waals surface area (Å²) in [5, 5.41) is 0. The van der Waals surface area contributed by atoms with Gasteiger partial charge in [0.25, 0.3) is 5.56 Å². The molecule has 3 aromatic rings. The van der Waals surface area contributed by atoms with Crippen molar-refractivity contribution in [1.29, 1.82) is 0 Å². The molecule has 24 heavy (non-hydrogen) atoms. The van der Waals surface area contributed by atoms with E-state index in [1.165, 1.54) is 9.13 Å². The Hall–Kier alpha value is -2.57. The van der Waals surface area contributed by atoms with Gasteiger partial charge in [0.15, 0.2) is 11.2 Å². The van der Waals surface area contributed by atoms with Gasteiger partial charge in [0.2, 0.25) is 5.78 Å². The molecule has 3 rings (SSSR count). The zero-order chi connectivity index (χ0) is 17.6. The van der Waals surface area contributed by atoms with Crippen molar-refractivity contribution in [3.63, 3.8) is 0 Å².